The lowest BCUT2D eigenvalue weighted by Crippen LogP contribution is -2.32. The lowest BCUT2D eigenvalue weighted by Gasteiger charge is -2.16. The number of amides is 1. The van der Waals surface area contributed by atoms with Gasteiger partial charge in [-0.2, -0.15) is 5.26 Å². The maximum absolute atomic E-state index is 12.6. The van der Waals surface area contributed by atoms with Crippen LogP contribution in [-0.4, -0.2) is 37.0 Å². The predicted molar refractivity (Wildman–Crippen MR) is 105 cm³/mol. The summed E-state index contributed by atoms with van der Waals surface area (Å²) in [6.45, 7) is -0.0999. The smallest absolute Gasteiger partial charge is 0.339 e. The molecule has 2 aromatic rings. The molecule has 0 saturated heterocycles. The Labute approximate surface area is 163 Å². The van der Waals surface area contributed by atoms with E-state index in [1.807, 2.05) is 36.4 Å². The van der Waals surface area contributed by atoms with E-state index < -0.39 is 5.97 Å². The van der Waals surface area contributed by atoms with E-state index in [1.165, 1.54) is 4.90 Å². The quantitative estimate of drug-likeness (QED) is 0.415. The largest absolute Gasteiger partial charge is 0.452 e. The van der Waals surface area contributed by atoms with E-state index in [-0.39, 0.29) is 25.5 Å². The minimum atomic E-state index is -0.608. The Morgan fingerprint density at radius 2 is 1.81 bits per heavy atom. The first-order valence-electron chi connectivity index (χ1n) is 8.32. The molecule has 5 nitrogen and oxygen atoms in total. The summed E-state index contributed by atoms with van der Waals surface area (Å²) in [5, 5.41) is 9.14. The number of nitriles is 1. The van der Waals surface area contributed by atoms with Gasteiger partial charge in [-0.25, -0.2) is 4.79 Å². The van der Waals surface area contributed by atoms with Crippen LogP contribution < -0.4 is 0 Å². The molecule has 0 aliphatic heterocycles. The molecule has 2 rings (SSSR count). The molecule has 1 amide bonds. The van der Waals surface area contributed by atoms with E-state index in [9.17, 15) is 9.59 Å². The van der Waals surface area contributed by atoms with Crippen LogP contribution in [0.3, 0.4) is 0 Å². The number of halogens is 1. The van der Waals surface area contributed by atoms with Crippen molar-refractivity contribution in [2.45, 2.75) is 6.42 Å². The second-order valence-corrected chi connectivity index (χ2v) is 6.21. The Morgan fingerprint density at radius 3 is 2.44 bits per heavy atom. The van der Waals surface area contributed by atoms with Gasteiger partial charge in [-0.3, -0.25) is 4.79 Å². The minimum absolute atomic E-state index is 0.222. The van der Waals surface area contributed by atoms with Gasteiger partial charge in [-0.15, -0.1) is 0 Å². The van der Waals surface area contributed by atoms with Crippen LogP contribution in [0.5, 0.6) is 0 Å². The molecule has 0 bridgehead atoms. The maximum atomic E-state index is 12.6. The Morgan fingerprint density at radius 1 is 1.15 bits per heavy atom. The fraction of sp³-hybridized carbons (Fsp3) is 0.190. The third kappa shape index (κ3) is 6.28. The number of benzene rings is 2. The Kier molecular flexibility index (Phi) is 7.60. The average molecular weight is 383 g/mol. The summed E-state index contributed by atoms with van der Waals surface area (Å²) in [4.78, 5) is 26.0. The van der Waals surface area contributed by atoms with E-state index >= 15 is 0 Å². The van der Waals surface area contributed by atoms with Crippen molar-refractivity contribution in [1.82, 2.24) is 4.90 Å². The van der Waals surface area contributed by atoms with Gasteiger partial charge in [0.2, 0.25) is 0 Å². The summed E-state index contributed by atoms with van der Waals surface area (Å²) in [6, 6.07) is 18.1. The third-order valence-corrected chi connectivity index (χ3v) is 4.05. The van der Waals surface area contributed by atoms with Gasteiger partial charge in [0.1, 0.15) is 0 Å². The van der Waals surface area contributed by atoms with Crippen molar-refractivity contribution < 1.29 is 14.3 Å². The molecule has 0 aromatic heterocycles. The van der Waals surface area contributed by atoms with E-state index in [4.69, 9.17) is 21.6 Å². The highest BCUT2D eigenvalue weighted by molar-refractivity contribution is 6.30. The van der Waals surface area contributed by atoms with Gasteiger partial charge in [0.05, 0.1) is 18.1 Å². The van der Waals surface area contributed by atoms with Crippen molar-refractivity contribution >= 4 is 35.1 Å². The average Bonchev–Trinajstić information content (AvgIpc) is 2.69. The van der Waals surface area contributed by atoms with Crippen LogP contribution in [0.1, 0.15) is 17.5 Å². The first-order valence-corrected chi connectivity index (χ1v) is 8.70. The molecular weight excluding hydrogens is 364 g/mol. The van der Waals surface area contributed by atoms with Gasteiger partial charge in [0.15, 0.2) is 6.61 Å². The number of carbonyl (C=O) groups excluding carboxylic acids is 2. The van der Waals surface area contributed by atoms with Gasteiger partial charge < -0.3 is 9.64 Å². The lowest BCUT2D eigenvalue weighted by molar-refractivity contribution is -0.146. The van der Waals surface area contributed by atoms with Gasteiger partial charge in [0.25, 0.3) is 5.91 Å². The number of rotatable bonds is 7. The monoisotopic (exact) mass is 382 g/mol. The summed E-state index contributed by atoms with van der Waals surface area (Å²) in [5.41, 5.74) is 1.79. The van der Waals surface area contributed by atoms with Crippen LogP contribution in [0.4, 0.5) is 0 Å². The number of hydrogen-bond donors (Lipinski definition) is 0. The number of likely N-dealkylation sites (N-methyl/N-ethyl adjacent to an activating group) is 1. The molecule has 0 aliphatic rings. The normalized spacial score (nSPS) is 10.8. The predicted octanol–water partition coefficient (Wildman–Crippen LogP) is 3.80. The standard InChI is InChI=1S/C21H19ClN2O3/c1-24(13-5-12-23)20(25)15-27-21(26)19(14-16-6-3-2-4-7-16)17-8-10-18(22)11-9-17/h2-4,6-11,14H,5,13,15H2,1H3/b19-14+. The Bertz CT molecular complexity index is 855. The van der Waals surface area contributed by atoms with Gasteiger partial charge in [-0.1, -0.05) is 54.1 Å². The Balaban J connectivity index is 2.17. The molecule has 0 aliphatic carbocycles. The second kappa shape index (κ2) is 10.1. The zero-order valence-electron chi connectivity index (χ0n) is 14.9. The zero-order valence-corrected chi connectivity index (χ0v) is 15.6. The van der Waals surface area contributed by atoms with Crippen molar-refractivity contribution in [2.75, 3.05) is 20.2 Å². The van der Waals surface area contributed by atoms with Gasteiger partial charge in [-0.05, 0) is 29.3 Å². The van der Waals surface area contributed by atoms with Crippen LogP contribution >= 0.6 is 11.6 Å². The molecular formula is C21H19ClN2O3. The van der Waals surface area contributed by atoms with E-state index in [2.05, 4.69) is 0 Å². The van der Waals surface area contributed by atoms with Crippen molar-refractivity contribution in [3.8, 4) is 6.07 Å². The molecule has 0 heterocycles. The highest BCUT2D eigenvalue weighted by Gasteiger charge is 2.17. The summed E-state index contributed by atoms with van der Waals surface area (Å²) in [5.74, 6) is -0.975. The molecule has 6 heteroatoms. The second-order valence-electron chi connectivity index (χ2n) is 5.78. The van der Waals surface area contributed by atoms with E-state index in [0.29, 0.717) is 16.2 Å². The molecule has 0 spiro atoms. The maximum Gasteiger partial charge on any atom is 0.339 e. The number of esters is 1. The van der Waals surface area contributed by atoms with Gasteiger partial charge in [0, 0.05) is 18.6 Å². The number of nitrogens with zero attached hydrogens (tertiary/aromatic N) is 2. The molecule has 0 saturated carbocycles. The summed E-state index contributed by atoms with van der Waals surface area (Å²) in [6.07, 6.45) is 1.93. The molecule has 0 atom stereocenters. The minimum Gasteiger partial charge on any atom is -0.452 e. The first-order chi connectivity index (χ1) is 13.0. The molecule has 2 aromatic carbocycles. The summed E-state index contributed by atoms with van der Waals surface area (Å²) >= 11 is 5.93. The van der Waals surface area contributed by atoms with Crippen LogP contribution in [0.2, 0.25) is 5.02 Å². The van der Waals surface area contributed by atoms with Crippen molar-refractivity contribution in [3.05, 3.63) is 70.7 Å². The van der Waals surface area contributed by atoms with E-state index in [0.717, 1.165) is 5.56 Å². The van der Waals surface area contributed by atoms with Gasteiger partial charge >= 0.3 is 5.97 Å². The lowest BCUT2D eigenvalue weighted by atomic mass is 10.0. The van der Waals surface area contributed by atoms with Crippen molar-refractivity contribution in [1.29, 1.82) is 5.26 Å². The molecule has 0 radical (unpaired) electrons. The zero-order chi connectivity index (χ0) is 19.6. The SMILES string of the molecule is CN(CCC#N)C(=O)COC(=O)/C(=C/c1ccccc1)c1ccc(Cl)cc1. The fourth-order valence-corrected chi connectivity index (χ4v) is 2.39. The van der Waals surface area contributed by atoms with Crippen LogP contribution in [0.25, 0.3) is 11.6 Å². The molecule has 0 N–H and O–H groups in total. The molecule has 0 unspecified atom stereocenters. The van der Waals surface area contributed by atoms with E-state index in [1.54, 1.807) is 37.4 Å². The van der Waals surface area contributed by atoms with Crippen LogP contribution in [0.15, 0.2) is 54.6 Å². The third-order valence-electron chi connectivity index (χ3n) is 3.80. The molecule has 138 valence electrons. The highest BCUT2D eigenvalue weighted by Crippen LogP contribution is 2.22. The molecule has 0 fully saturated rings. The van der Waals surface area contributed by atoms with Crippen LogP contribution in [-0.2, 0) is 14.3 Å². The van der Waals surface area contributed by atoms with Crippen molar-refractivity contribution in [3.63, 3.8) is 0 Å². The Hall–Kier alpha value is -3.10. The number of ether oxygens (including phenoxy) is 1. The number of carbonyl (C=O) groups is 2. The topological polar surface area (TPSA) is 70.4 Å². The first kappa shape index (κ1) is 20.2. The highest BCUT2D eigenvalue weighted by atomic mass is 35.5. The summed E-state index contributed by atoms with van der Waals surface area (Å²) < 4.78 is 5.21. The number of hydrogen-bond acceptors (Lipinski definition) is 4. The molecule has 27 heavy (non-hydrogen) atoms. The van der Waals surface area contributed by atoms with Crippen molar-refractivity contribution in [2.24, 2.45) is 0 Å². The fourth-order valence-electron chi connectivity index (χ4n) is 2.26. The van der Waals surface area contributed by atoms with Crippen LogP contribution in [0, 0.1) is 11.3 Å². The summed E-state index contributed by atoms with van der Waals surface area (Å²) in [7, 11) is 1.56.